The van der Waals surface area contributed by atoms with Gasteiger partial charge in [-0.2, -0.15) is 20.3 Å². The lowest BCUT2D eigenvalue weighted by atomic mass is 10.2. The number of azo groups is 1. The second kappa shape index (κ2) is 6.97. The van der Waals surface area contributed by atoms with Crippen LogP contribution in [-0.4, -0.2) is 22.6 Å². The predicted octanol–water partition coefficient (Wildman–Crippen LogP) is 4.69. The maximum Gasteiger partial charge on any atom is 0.282 e. The Morgan fingerprint density at radius 3 is 2.46 bits per heavy atom. The molecular formula is C19H15N5OS. The molecule has 4 rings (SSSR count). The zero-order valence-corrected chi connectivity index (χ0v) is 14.8. The normalized spacial score (nSPS) is 17.1. The maximum atomic E-state index is 12.7. The van der Waals surface area contributed by atoms with Gasteiger partial charge >= 0.3 is 0 Å². The second-order valence-electron chi connectivity index (χ2n) is 5.73. The first kappa shape index (κ1) is 16.3. The summed E-state index contributed by atoms with van der Waals surface area (Å²) in [4.78, 5) is 17.3. The third-order valence-electron chi connectivity index (χ3n) is 3.88. The lowest BCUT2D eigenvalue weighted by Gasteiger charge is -2.08. The van der Waals surface area contributed by atoms with Crippen LogP contribution in [0.3, 0.4) is 0 Å². The van der Waals surface area contributed by atoms with Crippen molar-refractivity contribution >= 4 is 33.8 Å². The Balaban J connectivity index is 1.55. The number of aromatic nitrogens is 1. The zero-order chi connectivity index (χ0) is 17.9. The van der Waals surface area contributed by atoms with Crippen molar-refractivity contribution in [2.24, 2.45) is 15.3 Å². The molecule has 2 aromatic carbocycles. The SMILES string of the molecule is CC1=NN(c2nc(-c3ccccc3)cs2)C(=O)C1N=Nc1ccccc1. The van der Waals surface area contributed by atoms with Crippen LogP contribution in [0.25, 0.3) is 11.3 Å². The van der Waals surface area contributed by atoms with Gasteiger partial charge in [-0.05, 0) is 19.1 Å². The number of hydrogen-bond donors (Lipinski definition) is 0. The molecule has 0 aliphatic carbocycles. The standard InChI is InChI=1S/C19H15N5OS/c1-13-17(22-21-15-10-6-3-7-11-15)18(25)24(23-13)19-20-16(12-26-19)14-8-4-2-5-9-14/h2-12,17H,1H3. The summed E-state index contributed by atoms with van der Waals surface area (Å²) in [6, 6.07) is 18.4. The van der Waals surface area contributed by atoms with Crippen LogP contribution in [-0.2, 0) is 4.79 Å². The van der Waals surface area contributed by atoms with Crippen LogP contribution >= 0.6 is 11.3 Å². The minimum Gasteiger partial charge on any atom is -0.269 e. The first-order chi connectivity index (χ1) is 12.7. The molecule has 1 aromatic heterocycles. The van der Waals surface area contributed by atoms with Gasteiger partial charge in [-0.1, -0.05) is 48.5 Å². The van der Waals surface area contributed by atoms with E-state index in [1.54, 1.807) is 6.92 Å². The van der Waals surface area contributed by atoms with E-state index in [-0.39, 0.29) is 5.91 Å². The fraction of sp³-hybridized carbons (Fsp3) is 0.105. The first-order valence-corrected chi connectivity index (χ1v) is 8.96. The fourth-order valence-electron chi connectivity index (χ4n) is 2.55. The molecule has 1 aliphatic rings. The Hall–Kier alpha value is -3.19. The number of rotatable bonds is 4. The first-order valence-electron chi connectivity index (χ1n) is 8.08. The molecule has 0 fully saturated rings. The van der Waals surface area contributed by atoms with Crippen molar-refractivity contribution < 1.29 is 4.79 Å². The molecule has 1 atom stereocenters. The molecule has 6 nitrogen and oxygen atoms in total. The lowest BCUT2D eigenvalue weighted by Crippen LogP contribution is -2.29. The molecular weight excluding hydrogens is 346 g/mol. The van der Waals surface area contributed by atoms with Crippen LogP contribution in [0.2, 0.25) is 0 Å². The van der Waals surface area contributed by atoms with E-state index >= 15 is 0 Å². The molecule has 0 spiro atoms. The van der Waals surface area contributed by atoms with E-state index in [0.717, 1.165) is 11.3 Å². The largest absolute Gasteiger partial charge is 0.282 e. The van der Waals surface area contributed by atoms with Gasteiger partial charge in [-0.3, -0.25) is 4.79 Å². The van der Waals surface area contributed by atoms with Gasteiger partial charge in [0.15, 0.2) is 6.04 Å². The summed E-state index contributed by atoms with van der Waals surface area (Å²) in [5.41, 5.74) is 3.13. The number of carbonyl (C=O) groups is 1. The summed E-state index contributed by atoms with van der Waals surface area (Å²) in [7, 11) is 0. The van der Waals surface area contributed by atoms with E-state index in [4.69, 9.17) is 0 Å². The Kier molecular flexibility index (Phi) is 4.37. The highest BCUT2D eigenvalue weighted by Crippen LogP contribution is 2.30. The molecule has 7 heteroatoms. The highest BCUT2D eigenvalue weighted by Gasteiger charge is 2.36. The molecule has 0 saturated carbocycles. The van der Waals surface area contributed by atoms with Crippen molar-refractivity contribution in [3.63, 3.8) is 0 Å². The van der Waals surface area contributed by atoms with E-state index in [1.165, 1.54) is 16.3 Å². The van der Waals surface area contributed by atoms with E-state index in [0.29, 0.717) is 16.5 Å². The number of thiazole rings is 1. The van der Waals surface area contributed by atoms with Gasteiger partial charge in [0, 0.05) is 10.9 Å². The Bertz CT molecular complexity index is 981. The highest BCUT2D eigenvalue weighted by molar-refractivity contribution is 7.14. The van der Waals surface area contributed by atoms with Gasteiger partial charge in [0.2, 0.25) is 5.13 Å². The van der Waals surface area contributed by atoms with Crippen molar-refractivity contribution in [3.8, 4) is 11.3 Å². The van der Waals surface area contributed by atoms with Crippen molar-refractivity contribution in [2.45, 2.75) is 13.0 Å². The second-order valence-corrected chi connectivity index (χ2v) is 6.56. The summed E-state index contributed by atoms with van der Waals surface area (Å²) in [6.07, 6.45) is 0. The average Bonchev–Trinajstić information content (AvgIpc) is 3.27. The molecule has 0 N–H and O–H groups in total. The fourth-order valence-corrected chi connectivity index (χ4v) is 3.34. The van der Waals surface area contributed by atoms with Crippen LogP contribution < -0.4 is 5.01 Å². The van der Waals surface area contributed by atoms with Gasteiger partial charge in [0.05, 0.1) is 17.1 Å². The van der Waals surface area contributed by atoms with Gasteiger partial charge in [0.25, 0.3) is 5.91 Å². The molecule has 0 radical (unpaired) electrons. The Labute approximate surface area is 154 Å². The number of nitrogens with zero attached hydrogens (tertiary/aromatic N) is 5. The number of anilines is 1. The zero-order valence-electron chi connectivity index (χ0n) is 14.0. The summed E-state index contributed by atoms with van der Waals surface area (Å²) < 4.78 is 0. The summed E-state index contributed by atoms with van der Waals surface area (Å²) in [5, 5.41) is 16.4. The minimum absolute atomic E-state index is 0.240. The Morgan fingerprint density at radius 1 is 1.04 bits per heavy atom. The lowest BCUT2D eigenvalue weighted by molar-refractivity contribution is -0.117. The van der Waals surface area contributed by atoms with Gasteiger partial charge in [0.1, 0.15) is 0 Å². The molecule has 1 unspecified atom stereocenters. The molecule has 1 aliphatic heterocycles. The van der Waals surface area contributed by atoms with Gasteiger partial charge < -0.3 is 0 Å². The predicted molar refractivity (Wildman–Crippen MR) is 103 cm³/mol. The molecule has 26 heavy (non-hydrogen) atoms. The average molecular weight is 361 g/mol. The minimum atomic E-state index is -0.709. The summed E-state index contributed by atoms with van der Waals surface area (Å²) >= 11 is 1.38. The van der Waals surface area contributed by atoms with Crippen LogP contribution in [0.4, 0.5) is 10.8 Å². The third-order valence-corrected chi connectivity index (χ3v) is 4.70. The van der Waals surface area contributed by atoms with Crippen LogP contribution in [0.5, 0.6) is 0 Å². The third kappa shape index (κ3) is 3.16. The van der Waals surface area contributed by atoms with Crippen molar-refractivity contribution in [3.05, 3.63) is 66.0 Å². The van der Waals surface area contributed by atoms with E-state index < -0.39 is 6.04 Å². The quantitative estimate of drug-likeness (QED) is 0.633. The number of hydrogen-bond acceptors (Lipinski definition) is 6. The van der Waals surface area contributed by atoms with E-state index in [1.807, 2.05) is 66.0 Å². The number of hydrazone groups is 1. The number of amides is 1. The maximum absolute atomic E-state index is 12.7. The topological polar surface area (TPSA) is 70.3 Å². The smallest absolute Gasteiger partial charge is 0.269 e. The summed E-state index contributed by atoms with van der Waals surface area (Å²) in [5.74, 6) is -0.240. The van der Waals surface area contributed by atoms with Crippen molar-refractivity contribution in [1.82, 2.24) is 4.98 Å². The molecule has 3 aromatic rings. The molecule has 0 saturated heterocycles. The van der Waals surface area contributed by atoms with Crippen molar-refractivity contribution in [2.75, 3.05) is 5.01 Å². The van der Waals surface area contributed by atoms with E-state index in [2.05, 4.69) is 20.3 Å². The van der Waals surface area contributed by atoms with Gasteiger partial charge in [-0.25, -0.2) is 4.98 Å². The molecule has 1 amide bonds. The monoisotopic (exact) mass is 361 g/mol. The summed E-state index contributed by atoms with van der Waals surface area (Å²) in [6.45, 7) is 1.78. The highest BCUT2D eigenvalue weighted by atomic mass is 32.1. The molecule has 128 valence electrons. The van der Waals surface area contributed by atoms with Crippen molar-refractivity contribution in [1.29, 1.82) is 0 Å². The number of benzene rings is 2. The molecule has 0 bridgehead atoms. The van der Waals surface area contributed by atoms with Crippen LogP contribution in [0.1, 0.15) is 6.92 Å². The molecule has 2 heterocycles. The Morgan fingerprint density at radius 2 is 1.73 bits per heavy atom. The van der Waals surface area contributed by atoms with Crippen LogP contribution in [0, 0.1) is 0 Å². The van der Waals surface area contributed by atoms with Crippen LogP contribution in [0.15, 0.2) is 81.4 Å². The van der Waals surface area contributed by atoms with Gasteiger partial charge in [-0.15, -0.1) is 11.3 Å². The number of carbonyl (C=O) groups excluding carboxylic acids is 1. The van der Waals surface area contributed by atoms with E-state index in [9.17, 15) is 4.79 Å².